The normalized spacial score (nSPS) is 20.3. The lowest BCUT2D eigenvalue weighted by Crippen LogP contribution is -2.56. The molecule has 4 fully saturated rings. The number of halogens is 2. The topological polar surface area (TPSA) is 144 Å². The number of nitrogens with zero attached hydrogens (tertiary/aromatic N) is 6. The Kier molecular flexibility index (Phi) is 12.1. The lowest BCUT2D eigenvalue weighted by atomic mass is 9.59. The number of rotatable bonds is 10. The van der Waals surface area contributed by atoms with Crippen molar-refractivity contribution in [3.05, 3.63) is 90.3 Å². The highest BCUT2D eigenvalue weighted by Crippen LogP contribution is 2.51. The van der Waals surface area contributed by atoms with Crippen LogP contribution in [-0.2, 0) is 9.53 Å². The largest absolute Gasteiger partial charge is 0.442 e. The molecule has 12 nitrogen and oxygen atoms in total. The van der Waals surface area contributed by atoms with Gasteiger partial charge >= 0.3 is 5.97 Å². The molecule has 0 bridgehead atoms. The minimum atomic E-state index is -1.32. The molecule has 2 aromatic carbocycles. The van der Waals surface area contributed by atoms with Gasteiger partial charge in [0.1, 0.15) is 5.82 Å². The SMILES string of the molecule is Cl.Nc1ncc(-c2cnn(C3CCN(C4CC5(CCN(CC6CCNCC6)CC5)C4)CC3)c2)nc1C(=O)O[C@@H](C(=O)Nc1ccc(F)cc1)c1ccccc1. The molecule has 1 saturated carbocycles. The number of benzene rings is 2. The van der Waals surface area contributed by atoms with Gasteiger partial charge in [0.15, 0.2) is 11.5 Å². The van der Waals surface area contributed by atoms with Crippen molar-refractivity contribution in [3.63, 3.8) is 0 Å². The Bertz CT molecular complexity index is 1900. The average Bonchev–Trinajstić information content (AvgIpc) is 3.69. The summed E-state index contributed by atoms with van der Waals surface area (Å²) < 4.78 is 21.2. The zero-order valence-electron chi connectivity index (χ0n) is 31.1. The second kappa shape index (κ2) is 17.2. The highest BCUT2D eigenvalue weighted by Gasteiger charge is 2.48. The van der Waals surface area contributed by atoms with Crippen LogP contribution >= 0.6 is 12.4 Å². The molecule has 4 N–H and O–H groups in total. The lowest BCUT2D eigenvalue weighted by Gasteiger charge is -2.56. The number of ether oxygens (including phenoxy) is 1. The number of likely N-dealkylation sites (tertiary alicyclic amines) is 2. The smallest absolute Gasteiger partial charge is 0.361 e. The van der Waals surface area contributed by atoms with E-state index in [0.717, 1.165) is 31.8 Å². The fourth-order valence-corrected chi connectivity index (χ4v) is 8.92. The van der Waals surface area contributed by atoms with Gasteiger partial charge in [0.05, 0.1) is 24.1 Å². The Balaban J connectivity index is 0.00000465. The van der Waals surface area contributed by atoms with Crippen LogP contribution in [0.4, 0.5) is 15.9 Å². The minimum absolute atomic E-state index is 0. The number of nitrogens with two attached hydrogens (primary N) is 1. The van der Waals surface area contributed by atoms with Crippen molar-refractivity contribution in [2.75, 3.05) is 56.9 Å². The fourth-order valence-electron chi connectivity index (χ4n) is 8.92. The molecule has 1 amide bonds. The van der Waals surface area contributed by atoms with E-state index in [1.54, 1.807) is 36.5 Å². The van der Waals surface area contributed by atoms with Crippen LogP contribution in [0.2, 0.25) is 0 Å². The van der Waals surface area contributed by atoms with E-state index >= 15 is 0 Å². The number of carbonyl (C=O) groups excluding carboxylic acids is 2. The Hall–Kier alpha value is -4.43. The number of esters is 1. The minimum Gasteiger partial charge on any atom is -0.442 e. The van der Waals surface area contributed by atoms with E-state index in [-0.39, 0.29) is 30.0 Å². The van der Waals surface area contributed by atoms with Crippen molar-refractivity contribution in [3.8, 4) is 11.3 Å². The number of nitrogens with one attached hydrogen (secondary N) is 2. The summed E-state index contributed by atoms with van der Waals surface area (Å²) >= 11 is 0. The molecule has 14 heteroatoms. The molecule has 4 aliphatic rings. The van der Waals surface area contributed by atoms with E-state index in [2.05, 4.69) is 35.5 Å². The molecule has 2 aromatic heterocycles. The maximum atomic E-state index is 13.5. The first-order chi connectivity index (χ1) is 26.3. The Morgan fingerprint density at radius 1 is 0.945 bits per heavy atom. The summed E-state index contributed by atoms with van der Waals surface area (Å²) in [7, 11) is 0. The number of nitrogen functional groups attached to an aromatic ring is 1. The summed E-state index contributed by atoms with van der Waals surface area (Å²) in [5.41, 5.74) is 8.41. The molecular formula is C41H51ClFN9O3. The zero-order chi connectivity index (χ0) is 37.1. The number of carbonyl (C=O) groups is 2. The van der Waals surface area contributed by atoms with Gasteiger partial charge in [-0.25, -0.2) is 19.2 Å². The third kappa shape index (κ3) is 9.01. The predicted octanol–water partition coefficient (Wildman–Crippen LogP) is 5.90. The van der Waals surface area contributed by atoms with E-state index in [4.69, 9.17) is 10.5 Å². The monoisotopic (exact) mass is 771 g/mol. The molecule has 55 heavy (non-hydrogen) atoms. The van der Waals surface area contributed by atoms with Gasteiger partial charge < -0.3 is 30.9 Å². The Morgan fingerprint density at radius 3 is 2.36 bits per heavy atom. The maximum absolute atomic E-state index is 13.5. The molecule has 0 unspecified atom stereocenters. The summed E-state index contributed by atoms with van der Waals surface area (Å²) in [5.74, 6) is -1.19. The first kappa shape index (κ1) is 38.8. The summed E-state index contributed by atoms with van der Waals surface area (Å²) in [6.07, 6.45) is 14.0. The van der Waals surface area contributed by atoms with Gasteiger partial charge in [-0.1, -0.05) is 30.3 Å². The van der Waals surface area contributed by atoms with Crippen LogP contribution in [0.3, 0.4) is 0 Å². The molecule has 1 atom stereocenters. The van der Waals surface area contributed by atoms with Gasteiger partial charge in [-0.2, -0.15) is 5.10 Å². The third-order valence-corrected chi connectivity index (χ3v) is 12.2. The van der Waals surface area contributed by atoms with Gasteiger partial charge in [0.25, 0.3) is 5.91 Å². The zero-order valence-corrected chi connectivity index (χ0v) is 31.9. The number of hydrogen-bond acceptors (Lipinski definition) is 10. The average molecular weight is 772 g/mol. The molecule has 0 radical (unpaired) electrons. The van der Waals surface area contributed by atoms with Gasteiger partial charge in [-0.05, 0) is 113 Å². The molecule has 5 heterocycles. The number of aromatic nitrogens is 4. The number of piperidine rings is 3. The van der Waals surface area contributed by atoms with E-state index in [1.165, 1.54) is 102 Å². The first-order valence-electron chi connectivity index (χ1n) is 19.5. The molecule has 4 aromatic rings. The van der Waals surface area contributed by atoms with Crippen molar-refractivity contribution < 1.29 is 18.7 Å². The van der Waals surface area contributed by atoms with E-state index in [0.29, 0.717) is 34.0 Å². The highest BCUT2D eigenvalue weighted by atomic mass is 35.5. The second-order valence-electron chi connectivity index (χ2n) is 15.7. The molecule has 3 saturated heterocycles. The molecule has 1 spiro atoms. The standard InChI is InChI=1S/C41H50FN9O3.ClH/c42-31-6-8-32(9-7-31)47-39(52)37(29-4-2-1-3-5-29)54-40(53)36-38(43)45-25-35(48-36)30-24-46-51(27-30)33-12-18-50(19-13-33)34-22-41(23-34)14-20-49(21-15-41)26-28-10-16-44-17-11-28;/h1-9,24-25,27-28,33-34,37,44H,10-23,26H2,(H2,43,45)(H,47,52);1H/t37-;/m1./s1. The van der Waals surface area contributed by atoms with Crippen molar-refractivity contribution >= 4 is 35.8 Å². The molecule has 292 valence electrons. The summed E-state index contributed by atoms with van der Waals surface area (Å²) in [6.45, 7) is 8.33. The van der Waals surface area contributed by atoms with E-state index < -0.39 is 23.8 Å². The molecular weight excluding hydrogens is 721 g/mol. The summed E-state index contributed by atoms with van der Waals surface area (Å²) in [4.78, 5) is 41.1. The van der Waals surface area contributed by atoms with Crippen molar-refractivity contribution in [2.45, 2.75) is 69.6 Å². The second-order valence-corrected chi connectivity index (χ2v) is 15.7. The van der Waals surface area contributed by atoms with Crippen LogP contribution in [0, 0.1) is 17.2 Å². The molecule has 1 aliphatic carbocycles. The Labute approximate surface area is 327 Å². The maximum Gasteiger partial charge on any atom is 0.361 e. The van der Waals surface area contributed by atoms with Crippen LogP contribution in [-0.4, -0.2) is 93.3 Å². The number of amides is 1. The van der Waals surface area contributed by atoms with Crippen LogP contribution in [0.5, 0.6) is 0 Å². The van der Waals surface area contributed by atoms with Gasteiger partial charge in [0.2, 0.25) is 6.10 Å². The van der Waals surface area contributed by atoms with Crippen molar-refractivity contribution in [1.29, 1.82) is 0 Å². The summed E-state index contributed by atoms with van der Waals surface area (Å²) in [6, 6.07) is 14.9. The molecule has 8 rings (SSSR count). The highest BCUT2D eigenvalue weighted by molar-refractivity contribution is 5.99. The summed E-state index contributed by atoms with van der Waals surface area (Å²) in [5, 5.41) is 10.9. The number of hydrogen-bond donors (Lipinski definition) is 3. The van der Waals surface area contributed by atoms with Crippen LogP contribution in [0.1, 0.15) is 79.6 Å². The van der Waals surface area contributed by atoms with E-state index in [1.807, 2.05) is 10.9 Å². The lowest BCUT2D eigenvalue weighted by molar-refractivity contribution is -0.125. The van der Waals surface area contributed by atoms with Crippen molar-refractivity contribution in [2.24, 2.45) is 11.3 Å². The van der Waals surface area contributed by atoms with Gasteiger partial charge in [0, 0.05) is 48.7 Å². The van der Waals surface area contributed by atoms with Gasteiger partial charge in [-0.3, -0.25) is 9.48 Å². The Morgan fingerprint density at radius 2 is 1.65 bits per heavy atom. The van der Waals surface area contributed by atoms with Gasteiger partial charge in [-0.15, -0.1) is 12.4 Å². The molecule has 3 aliphatic heterocycles. The quantitative estimate of drug-likeness (QED) is 0.167. The van der Waals surface area contributed by atoms with Crippen LogP contribution < -0.4 is 16.4 Å². The predicted molar refractivity (Wildman–Crippen MR) is 211 cm³/mol. The van der Waals surface area contributed by atoms with Crippen molar-refractivity contribution in [1.82, 2.24) is 34.9 Å². The van der Waals surface area contributed by atoms with Crippen LogP contribution in [0.15, 0.2) is 73.2 Å². The third-order valence-electron chi connectivity index (χ3n) is 12.2. The van der Waals surface area contributed by atoms with Crippen LogP contribution in [0.25, 0.3) is 11.3 Å². The van der Waals surface area contributed by atoms with E-state index in [9.17, 15) is 14.0 Å². The number of anilines is 2. The first-order valence-corrected chi connectivity index (χ1v) is 19.5. The fraction of sp³-hybridized carbons (Fsp3) is 0.488.